The molecule has 0 spiro atoms. The Morgan fingerprint density at radius 1 is 1.41 bits per heavy atom. The van der Waals surface area contributed by atoms with Crippen LogP contribution in [-0.4, -0.2) is 9.97 Å². The molecule has 0 aliphatic rings. The van der Waals surface area contributed by atoms with Crippen molar-refractivity contribution in [2.24, 2.45) is 5.18 Å². The van der Waals surface area contributed by atoms with Crippen LogP contribution in [0.25, 0.3) is 11.3 Å². The maximum atomic E-state index is 10.6. The Kier molecular flexibility index (Phi) is 2.88. The van der Waals surface area contributed by atoms with E-state index < -0.39 is 0 Å². The number of nitriles is 1. The van der Waals surface area contributed by atoms with Gasteiger partial charge in [0.1, 0.15) is 11.8 Å². The van der Waals surface area contributed by atoms with Crippen LogP contribution in [0.1, 0.15) is 11.3 Å². The van der Waals surface area contributed by atoms with Gasteiger partial charge in [0.15, 0.2) is 5.69 Å². The normalized spacial score (nSPS) is 9.65. The molecule has 2 rings (SSSR count). The molecule has 5 heteroatoms. The van der Waals surface area contributed by atoms with Gasteiger partial charge in [-0.1, -0.05) is 6.07 Å². The van der Waals surface area contributed by atoms with Gasteiger partial charge in [0.2, 0.25) is 0 Å². The molecule has 0 aliphatic carbocycles. The van der Waals surface area contributed by atoms with Crippen molar-refractivity contribution in [1.82, 2.24) is 9.97 Å². The van der Waals surface area contributed by atoms with Crippen LogP contribution in [0, 0.1) is 23.2 Å². The van der Waals surface area contributed by atoms with E-state index in [1.54, 1.807) is 6.20 Å². The minimum atomic E-state index is 0.0253. The average Bonchev–Trinajstić information content (AvgIpc) is 2.38. The molecule has 2 heterocycles. The average molecular weight is 224 g/mol. The van der Waals surface area contributed by atoms with Gasteiger partial charge >= 0.3 is 0 Å². The molecule has 82 valence electrons. The zero-order valence-electron chi connectivity index (χ0n) is 9.08. The van der Waals surface area contributed by atoms with Crippen molar-refractivity contribution in [2.75, 3.05) is 0 Å². The zero-order chi connectivity index (χ0) is 12.3. The van der Waals surface area contributed by atoms with Gasteiger partial charge < -0.3 is 0 Å². The first kappa shape index (κ1) is 10.9. The smallest absolute Gasteiger partial charge is 0.169 e. The van der Waals surface area contributed by atoms with Crippen molar-refractivity contribution < 1.29 is 0 Å². The van der Waals surface area contributed by atoms with Crippen molar-refractivity contribution in [3.05, 3.63) is 46.8 Å². The van der Waals surface area contributed by atoms with E-state index in [0.29, 0.717) is 5.56 Å². The van der Waals surface area contributed by atoms with E-state index in [2.05, 4.69) is 15.1 Å². The number of hydrogen-bond acceptors (Lipinski definition) is 5. The first-order chi connectivity index (χ1) is 8.26. The van der Waals surface area contributed by atoms with Crippen LogP contribution >= 0.6 is 0 Å². The Morgan fingerprint density at radius 3 is 2.88 bits per heavy atom. The molecule has 0 aromatic carbocycles. The largest absolute Gasteiger partial charge is 0.256 e. The summed E-state index contributed by atoms with van der Waals surface area (Å²) >= 11 is 0. The highest BCUT2D eigenvalue weighted by Crippen LogP contribution is 2.25. The van der Waals surface area contributed by atoms with Gasteiger partial charge in [-0.3, -0.25) is 4.98 Å². The maximum absolute atomic E-state index is 10.6. The lowest BCUT2D eigenvalue weighted by atomic mass is 10.1. The Bertz CT molecular complexity index is 616. The molecule has 0 bridgehead atoms. The Hall–Kier alpha value is -2.61. The maximum Gasteiger partial charge on any atom is 0.169 e. The molecule has 0 aliphatic heterocycles. The summed E-state index contributed by atoms with van der Waals surface area (Å²) < 4.78 is 0. The van der Waals surface area contributed by atoms with Gasteiger partial charge in [0.05, 0.1) is 5.69 Å². The van der Waals surface area contributed by atoms with Gasteiger partial charge in [-0.2, -0.15) is 5.26 Å². The molecule has 2 aromatic rings. The minimum absolute atomic E-state index is 0.0253. The van der Waals surface area contributed by atoms with Crippen molar-refractivity contribution in [1.29, 1.82) is 5.26 Å². The minimum Gasteiger partial charge on any atom is -0.256 e. The number of nitrogens with zero attached hydrogens (tertiary/aromatic N) is 4. The van der Waals surface area contributed by atoms with Crippen LogP contribution in [0.2, 0.25) is 0 Å². The molecule has 0 atom stereocenters. The fraction of sp³-hybridized carbons (Fsp3) is 0.0833. The second-order valence-electron chi connectivity index (χ2n) is 3.46. The van der Waals surface area contributed by atoms with E-state index in [0.717, 1.165) is 11.3 Å². The standard InChI is InChI=1S/C12H8N4O/c1-8-3-2-4-14-12(8)9-5-10(16-17)11(6-13)15-7-9/h2-5,7H,1H3. The Morgan fingerprint density at radius 2 is 2.24 bits per heavy atom. The number of nitroso groups, excluding NO2 is 1. The second-order valence-corrected chi connectivity index (χ2v) is 3.46. The van der Waals surface area contributed by atoms with Crippen molar-refractivity contribution >= 4 is 5.69 Å². The van der Waals surface area contributed by atoms with Crippen molar-refractivity contribution in [3.8, 4) is 17.3 Å². The van der Waals surface area contributed by atoms with E-state index >= 15 is 0 Å². The third-order valence-electron chi connectivity index (χ3n) is 2.35. The van der Waals surface area contributed by atoms with Crippen LogP contribution in [0.15, 0.2) is 35.8 Å². The fourth-order valence-corrected chi connectivity index (χ4v) is 1.53. The van der Waals surface area contributed by atoms with Crippen LogP contribution in [0.5, 0.6) is 0 Å². The summed E-state index contributed by atoms with van der Waals surface area (Å²) in [4.78, 5) is 18.7. The number of rotatable bonds is 2. The summed E-state index contributed by atoms with van der Waals surface area (Å²) in [5.74, 6) is 0. The third kappa shape index (κ3) is 2.01. The Labute approximate surface area is 97.7 Å². The summed E-state index contributed by atoms with van der Waals surface area (Å²) in [5, 5.41) is 11.5. The lowest BCUT2D eigenvalue weighted by Crippen LogP contribution is -1.90. The third-order valence-corrected chi connectivity index (χ3v) is 2.35. The lowest BCUT2D eigenvalue weighted by Gasteiger charge is -2.04. The first-order valence-corrected chi connectivity index (χ1v) is 4.91. The molecule has 2 aromatic heterocycles. The number of hydrogen-bond donors (Lipinski definition) is 0. The molecule has 0 unspecified atom stereocenters. The lowest BCUT2D eigenvalue weighted by molar-refractivity contribution is 1.21. The molecule has 0 saturated heterocycles. The SMILES string of the molecule is Cc1cccnc1-c1cnc(C#N)c(N=O)c1. The highest BCUT2D eigenvalue weighted by atomic mass is 16.3. The number of aromatic nitrogens is 2. The quantitative estimate of drug-likeness (QED) is 0.734. The first-order valence-electron chi connectivity index (χ1n) is 4.91. The highest BCUT2D eigenvalue weighted by Gasteiger charge is 2.09. The van der Waals surface area contributed by atoms with E-state index in [1.165, 1.54) is 12.3 Å². The van der Waals surface area contributed by atoms with E-state index in [-0.39, 0.29) is 11.4 Å². The van der Waals surface area contributed by atoms with Crippen molar-refractivity contribution in [3.63, 3.8) is 0 Å². The monoisotopic (exact) mass is 224 g/mol. The molecular weight excluding hydrogens is 216 g/mol. The van der Waals surface area contributed by atoms with Crippen LogP contribution in [0.3, 0.4) is 0 Å². The topological polar surface area (TPSA) is 79.0 Å². The Balaban J connectivity index is 2.59. The molecule has 0 radical (unpaired) electrons. The van der Waals surface area contributed by atoms with E-state index in [9.17, 15) is 4.91 Å². The summed E-state index contributed by atoms with van der Waals surface area (Å²) in [6.07, 6.45) is 3.18. The van der Waals surface area contributed by atoms with Gasteiger partial charge in [-0.25, -0.2) is 4.98 Å². The highest BCUT2D eigenvalue weighted by molar-refractivity contribution is 5.67. The predicted molar refractivity (Wildman–Crippen MR) is 62.4 cm³/mol. The molecule has 0 saturated carbocycles. The molecule has 5 nitrogen and oxygen atoms in total. The predicted octanol–water partition coefficient (Wildman–Crippen LogP) is 2.72. The van der Waals surface area contributed by atoms with Gasteiger partial charge in [0, 0.05) is 18.0 Å². The van der Waals surface area contributed by atoms with Crippen LogP contribution in [-0.2, 0) is 0 Å². The zero-order valence-corrected chi connectivity index (χ0v) is 9.08. The molecule has 17 heavy (non-hydrogen) atoms. The van der Waals surface area contributed by atoms with Crippen LogP contribution < -0.4 is 0 Å². The molecule has 0 amide bonds. The number of pyridine rings is 2. The second kappa shape index (κ2) is 4.49. The van der Waals surface area contributed by atoms with Gasteiger partial charge in [0.25, 0.3) is 0 Å². The molecule has 0 N–H and O–H groups in total. The van der Waals surface area contributed by atoms with Crippen LogP contribution in [0.4, 0.5) is 5.69 Å². The molecule has 0 fully saturated rings. The fourth-order valence-electron chi connectivity index (χ4n) is 1.53. The summed E-state index contributed by atoms with van der Waals surface area (Å²) in [5.41, 5.74) is 2.44. The van der Waals surface area contributed by atoms with Gasteiger partial charge in [-0.15, -0.1) is 4.91 Å². The summed E-state index contributed by atoms with van der Waals surface area (Å²) in [7, 11) is 0. The van der Waals surface area contributed by atoms with Gasteiger partial charge in [-0.05, 0) is 29.8 Å². The summed E-state index contributed by atoms with van der Waals surface area (Å²) in [6.45, 7) is 1.91. The number of aryl methyl sites for hydroxylation is 1. The summed E-state index contributed by atoms with van der Waals surface area (Å²) in [6, 6.07) is 7.08. The molecular formula is C12H8N4O. The van der Waals surface area contributed by atoms with Crippen molar-refractivity contribution in [2.45, 2.75) is 6.92 Å². The van der Waals surface area contributed by atoms with E-state index in [4.69, 9.17) is 5.26 Å². The van der Waals surface area contributed by atoms with E-state index in [1.807, 2.05) is 25.1 Å².